The van der Waals surface area contributed by atoms with Crippen molar-refractivity contribution in [3.63, 3.8) is 0 Å². The first kappa shape index (κ1) is 24.4. The number of carbonyl (C=O) groups excluding carboxylic acids is 1. The number of nitriles is 1. The average molecular weight is 480 g/mol. The normalized spacial score (nSPS) is 15.1. The van der Waals surface area contributed by atoms with Crippen molar-refractivity contribution in [2.45, 2.75) is 30.9 Å². The van der Waals surface area contributed by atoms with Gasteiger partial charge in [-0.05, 0) is 54.8 Å². The van der Waals surface area contributed by atoms with Gasteiger partial charge < -0.3 is 14.8 Å². The van der Waals surface area contributed by atoms with E-state index in [1.807, 2.05) is 6.07 Å². The van der Waals surface area contributed by atoms with Crippen LogP contribution in [0.3, 0.4) is 0 Å². The summed E-state index contributed by atoms with van der Waals surface area (Å²) in [4.78, 5) is 12.7. The summed E-state index contributed by atoms with van der Waals surface area (Å²) in [6.07, 6.45) is 0.734. The second-order valence-electron chi connectivity index (χ2n) is 7.40. The fraction of sp³-hybridized carbons (Fsp3) is 0.364. The van der Waals surface area contributed by atoms with E-state index in [9.17, 15) is 22.0 Å². The molecular formula is C22H23F2N3O5S. The van der Waals surface area contributed by atoms with Crippen LogP contribution in [0.1, 0.15) is 24.0 Å². The number of nitrogens with one attached hydrogen (secondary N) is 1. The lowest BCUT2D eigenvalue weighted by Gasteiger charge is -2.30. The topological polar surface area (TPSA) is 109 Å². The van der Waals surface area contributed by atoms with Crippen molar-refractivity contribution in [2.24, 2.45) is 5.92 Å². The SMILES string of the molecule is COc1cc(CNC(=O)C2CCN(S(=O)(=O)c3ccc(C#N)cc3)CC2)ccc1OC(F)F. The van der Waals surface area contributed by atoms with E-state index >= 15 is 0 Å². The number of methoxy groups -OCH3 is 1. The smallest absolute Gasteiger partial charge is 0.387 e. The van der Waals surface area contributed by atoms with Crippen molar-refractivity contribution >= 4 is 15.9 Å². The molecule has 1 amide bonds. The zero-order valence-electron chi connectivity index (χ0n) is 17.8. The van der Waals surface area contributed by atoms with Gasteiger partial charge in [0.15, 0.2) is 11.5 Å². The van der Waals surface area contributed by atoms with Crippen molar-refractivity contribution in [2.75, 3.05) is 20.2 Å². The summed E-state index contributed by atoms with van der Waals surface area (Å²) in [5, 5.41) is 11.7. The van der Waals surface area contributed by atoms with Gasteiger partial charge in [0.1, 0.15) is 0 Å². The molecule has 0 bridgehead atoms. The number of rotatable bonds is 8. The molecule has 0 unspecified atom stereocenters. The molecule has 1 fully saturated rings. The molecule has 1 heterocycles. The highest BCUT2D eigenvalue weighted by Crippen LogP contribution is 2.29. The quantitative estimate of drug-likeness (QED) is 0.624. The molecule has 11 heteroatoms. The number of ether oxygens (including phenoxy) is 2. The molecule has 1 saturated heterocycles. The number of hydrogen-bond donors (Lipinski definition) is 1. The monoisotopic (exact) mass is 479 g/mol. The minimum Gasteiger partial charge on any atom is -0.493 e. The largest absolute Gasteiger partial charge is 0.493 e. The molecule has 2 aromatic rings. The van der Waals surface area contributed by atoms with Crippen molar-refractivity contribution in [3.8, 4) is 17.6 Å². The molecule has 2 aromatic carbocycles. The number of carbonyl (C=O) groups is 1. The molecule has 0 spiro atoms. The van der Waals surface area contributed by atoms with Crippen LogP contribution >= 0.6 is 0 Å². The Balaban J connectivity index is 1.54. The summed E-state index contributed by atoms with van der Waals surface area (Å²) in [5.74, 6) is -0.528. The molecule has 1 N–H and O–H groups in total. The Morgan fingerprint density at radius 1 is 1.18 bits per heavy atom. The van der Waals surface area contributed by atoms with Gasteiger partial charge in [0, 0.05) is 25.6 Å². The van der Waals surface area contributed by atoms with Gasteiger partial charge in [0.05, 0.1) is 23.6 Å². The second kappa shape index (κ2) is 10.6. The Labute approximate surface area is 190 Å². The maximum atomic E-state index is 12.8. The number of amides is 1. The van der Waals surface area contributed by atoms with E-state index in [0.29, 0.717) is 24.0 Å². The maximum absolute atomic E-state index is 12.8. The maximum Gasteiger partial charge on any atom is 0.387 e. The fourth-order valence-corrected chi connectivity index (χ4v) is 5.03. The lowest BCUT2D eigenvalue weighted by atomic mass is 9.97. The summed E-state index contributed by atoms with van der Waals surface area (Å²) >= 11 is 0. The van der Waals surface area contributed by atoms with Gasteiger partial charge in [-0.3, -0.25) is 4.79 Å². The van der Waals surface area contributed by atoms with Crippen LogP contribution in [-0.4, -0.2) is 45.4 Å². The van der Waals surface area contributed by atoms with Crippen LogP contribution < -0.4 is 14.8 Å². The van der Waals surface area contributed by atoms with Crippen LogP contribution in [0.2, 0.25) is 0 Å². The Hall–Kier alpha value is -3.23. The van der Waals surface area contributed by atoms with E-state index in [-0.39, 0.29) is 47.9 Å². The molecule has 176 valence electrons. The number of piperidine rings is 1. The van der Waals surface area contributed by atoms with E-state index in [4.69, 9.17) is 10.00 Å². The molecule has 0 saturated carbocycles. The van der Waals surface area contributed by atoms with Gasteiger partial charge in [0.2, 0.25) is 15.9 Å². The van der Waals surface area contributed by atoms with E-state index in [1.165, 1.54) is 47.8 Å². The van der Waals surface area contributed by atoms with Gasteiger partial charge in [-0.2, -0.15) is 18.3 Å². The minimum atomic E-state index is -3.70. The molecule has 0 radical (unpaired) electrons. The average Bonchev–Trinajstić information content (AvgIpc) is 2.83. The summed E-state index contributed by atoms with van der Waals surface area (Å²) in [6.45, 7) is -2.41. The predicted octanol–water partition coefficient (Wildman–Crippen LogP) is 2.89. The van der Waals surface area contributed by atoms with Crippen LogP contribution in [0.15, 0.2) is 47.4 Å². The molecular weight excluding hydrogens is 456 g/mol. The zero-order chi connectivity index (χ0) is 24.0. The first-order chi connectivity index (χ1) is 15.7. The van der Waals surface area contributed by atoms with Crippen LogP contribution in [0.5, 0.6) is 11.5 Å². The highest BCUT2D eigenvalue weighted by Gasteiger charge is 2.32. The summed E-state index contributed by atoms with van der Waals surface area (Å²) in [7, 11) is -2.37. The standard InChI is InChI=1S/C22H23F2N3O5S/c1-31-20-12-16(4-7-19(20)32-22(23)24)14-26-21(28)17-8-10-27(11-9-17)33(29,30)18-5-2-15(13-25)3-6-18/h2-7,12,17,22H,8-11,14H2,1H3,(H,26,28). The summed E-state index contributed by atoms with van der Waals surface area (Å²) in [6, 6.07) is 12.1. The van der Waals surface area contributed by atoms with E-state index in [0.717, 1.165) is 0 Å². The molecule has 3 rings (SSSR count). The van der Waals surface area contributed by atoms with Gasteiger partial charge in [-0.25, -0.2) is 8.42 Å². The third-order valence-corrected chi connectivity index (χ3v) is 7.27. The van der Waals surface area contributed by atoms with Crippen molar-refractivity contribution in [1.29, 1.82) is 5.26 Å². The number of benzene rings is 2. The Bertz CT molecular complexity index is 1130. The summed E-state index contributed by atoms with van der Waals surface area (Å²) < 4.78 is 61.3. The highest BCUT2D eigenvalue weighted by molar-refractivity contribution is 7.89. The molecule has 0 atom stereocenters. The Morgan fingerprint density at radius 3 is 2.42 bits per heavy atom. The van der Waals surface area contributed by atoms with E-state index < -0.39 is 16.6 Å². The first-order valence-corrected chi connectivity index (χ1v) is 11.6. The van der Waals surface area contributed by atoms with Crippen LogP contribution in [-0.2, 0) is 21.4 Å². The van der Waals surface area contributed by atoms with Gasteiger partial charge in [0.25, 0.3) is 0 Å². The van der Waals surface area contributed by atoms with Gasteiger partial charge >= 0.3 is 6.61 Å². The Kier molecular flexibility index (Phi) is 7.84. The molecule has 1 aliphatic rings. The van der Waals surface area contributed by atoms with E-state index in [1.54, 1.807) is 6.07 Å². The minimum absolute atomic E-state index is 0.0987. The lowest BCUT2D eigenvalue weighted by Crippen LogP contribution is -2.42. The zero-order valence-corrected chi connectivity index (χ0v) is 18.6. The molecule has 1 aliphatic heterocycles. The molecule has 0 aromatic heterocycles. The number of sulfonamides is 1. The fourth-order valence-electron chi connectivity index (χ4n) is 3.56. The number of nitrogens with zero attached hydrogens (tertiary/aromatic N) is 2. The molecule has 33 heavy (non-hydrogen) atoms. The first-order valence-electron chi connectivity index (χ1n) is 10.1. The Morgan fingerprint density at radius 2 is 1.85 bits per heavy atom. The summed E-state index contributed by atoms with van der Waals surface area (Å²) in [5.41, 5.74) is 1.01. The van der Waals surface area contributed by atoms with Crippen molar-refractivity contribution < 1.29 is 31.5 Å². The van der Waals surface area contributed by atoms with Gasteiger partial charge in [-0.1, -0.05) is 6.07 Å². The van der Waals surface area contributed by atoms with Crippen molar-refractivity contribution in [1.82, 2.24) is 9.62 Å². The van der Waals surface area contributed by atoms with Crippen LogP contribution in [0.4, 0.5) is 8.78 Å². The molecule has 0 aliphatic carbocycles. The predicted molar refractivity (Wildman–Crippen MR) is 114 cm³/mol. The van der Waals surface area contributed by atoms with E-state index in [2.05, 4.69) is 10.1 Å². The van der Waals surface area contributed by atoms with Gasteiger partial charge in [-0.15, -0.1) is 0 Å². The lowest BCUT2D eigenvalue weighted by molar-refractivity contribution is -0.126. The second-order valence-corrected chi connectivity index (χ2v) is 9.33. The third-order valence-electron chi connectivity index (χ3n) is 5.36. The van der Waals surface area contributed by atoms with Crippen LogP contribution in [0.25, 0.3) is 0 Å². The third kappa shape index (κ3) is 5.97. The number of hydrogen-bond acceptors (Lipinski definition) is 6. The van der Waals surface area contributed by atoms with Crippen molar-refractivity contribution in [3.05, 3.63) is 53.6 Å². The van der Waals surface area contributed by atoms with Crippen LogP contribution in [0, 0.1) is 17.2 Å². The highest BCUT2D eigenvalue weighted by atomic mass is 32.2. The number of alkyl halides is 2. The molecule has 8 nitrogen and oxygen atoms in total. The number of halogens is 2.